The van der Waals surface area contributed by atoms with Crippen LogP contribution in [-0.2, 0) is 0 Å². The molecule has 1 aromatic carbocycles. The van der Waals surface area contributed by atoms with E-state index in [1.54, 1.807) is 11.9 Å². The van der Waals surface area contributed by atoms with Gasteiger partial charge in [0.25, 0.3) is 0 Å². The molecule has 1 aliphatic heterocycles. The molecule has 0 saturated carbocycles. The molecule has 5 heteroatoms. The summed E-state index contributed by atoms with van der Waals surface area (Å²) in [5, 5.41) is 0. The summed E-state index contributed by atoms with van der Waals surface area (Å²) in [6.45, 7) is 1.69. The Morgan fingerprint density at radius 2 is 1.90 bits per heavy atom. The Hall–Kier alpha value is -1.62. The summed E-state index contributed by atoms with van der Waals surface area (Å²) in [6, 6.07) is 7.54. The summed E-state index contributed by atoms with van der Waals surface area (Å²) in [6.07, 6.45) is 4.61. The van der Waals surface area contributed by atoms with Crippen molar-refractivity contribution in [2.24, 2.45) is 5.73 Å². The van der Waals surface area contributed by atoms with Crippen molar-refractivity contribution in [1.82, 2.24) is 4.90 Å². The lowest BCUT2D eigenvalue weighted by Crippen LogP contribution is -2.41. The molecule has 0 aromatic heterocycles. The number of anilines is 1. The molecule has 0 atom stereocenters. The molecule has 0 aliphatic carbocycles. The highest BCUT2D eigenvalue weighted by atomic mass is 32.1. The molecule has 1 saturated heterocycles. The van der Waals surface area contributed by atoms with E-state index in [1.165, 1.54) is 12.8 Å². The van der Waals surface area contributed by atoms with Crippen LogP contribution in [0.25, 0.3) is 0 Å². The Balaban J connectivity index is 2.13. The molecular formula is C15H21N3OS. The topological polar surface area (TPSA) is 49.6 Å². The third-order valence-electron chi connectivity index (χ3n) is 3.68. The minimum Gasteiger partial charge on any atom is -0.389 e. The van der Waals surface area contributed by atoms with E-state index in [-0.39, 0.29) is 6.03 Å². The summed E-state index contributed by atoms with van der Waals surface area (Å²) in [5.41, 5.74) is 7.25. The molecule has 108 valence electrons. The number of hydrogen-bond donors (Lipinski definition) is 1. The van der Waals surface area contributed by atoms with Gasteiger partial charge < -0.3 is 10.6 Å². The molecule has 1 heterocycles. The molecule has 4 nitrogen and oxygen atoms in total. The second-order valence-electron chi connectivity index (χ2n) is 5.16. The Labute approximate surface area is 125 Å². The number of carbonyl (C=O) groups is 1. The van der Waals surface area contributed by atoms with Crippen molar-refractivity contribution in [2.75, 3.05) is 25.0 Å². The monoisotopic (exact) mass is 291 g/mol. The fourth-order valence-corrected chi connectivity index (χ4v) is 2.58. The molecule has 1 aliphatic rings. The first-order valence-corrected chi connectivity index (χ1v) is 7.43. The second kappa shape index (κ2) is 6.70. The van der Waals surface area contributed by atoms with Gasteiger partial charge in [0.1, 0.15) is 4.99 Å². The van der Waals surface area contributed by atoms with Crippen LogP contribution < -0.4 is 10.6 Å². The van der Waals surface area contributed by atoms with Gasteiger partial charge in [0.2, 0.25) is 0 Å². The Morgan fingerprint density at radius 3 is 2.50 bits per heavy atom. The van der Waals surface area contributed by atoms with E-state index >= 15 is 0 Å². The van der Waals surface area contributed by atoms with Gasteiger partial charge in [-0.25, -0.2) is 4.79 Å². The second-order valence-corrected chi connectivity index (χ2v) is 5.60. The SMILES string of the molecule is CN(C(=O)N1CCCCCC1)c1cccc(C(N)=S)c1. The zero-order valence-electron chi connectivity index (χ0n) is 11.8. The molecule has 1 fully saturated rings. The minimum absolute atomic E-state index is 0.0481. The first kappa shape index (κ1) is 14.8. The summed E-state index contributed by atoms with van der Waals surface area (Å²) in [4.78, 5) is 16.5. The lowest BCUT2D eigenvalue weighted by Gasteiger charge is -2.27. The van der Waals surface area contributed by atoms with Gasteiger partial charge in [0.05, 0.1) is 0 Å². The van der Waals surface area contributed by atoms with Crippen LogP contribution in [0.5, 0.6) is 0 Å². The number of rotatable bonds is 2. The highest BCUT2D eigenvalue weighted by Crippen LogP contribution is 2.18. The van der Waals surface area contributed by atoms with Crippen molar-refractivity contribution in [2.45, 2.75) is 25.7 Å². The number of carbonyl (C=O) groups excluding carboxylic acids is 1. The highest BCUT2D eigenvalue weighted by Gasteiger charge is 2.20. The number of urea groups is 1. The van der Waals surface area contributed by atoms with Crippen LogP contribution in [0, 0.1) is 0 Å². The number of nitrogens with two attached hydrogens (primary N) is 1. The van der Waals surface area contributed by atoms with Gasteiger partial charge >= 0.3 is 6.03 Å². The summed E-state index contributed by atoms with van der Waals surface area (Å²) >= 11 is 4.98. The van der Waals surface area contributed by atoms with Gasteiger partial charge in [0.15, 0.2) is 0 Å². The van der Waals surface area contributed by atoms with E-state index in [2.05, 4.69) is 0 Å². The minimum atomic E-state index is 0.0481. The van der Waals surface area contributed by atoms with Crippen LogP contribution in [0.3, 0.4) is 0 Å². The molecule has 0 bridgehead atoms. The lowest BCUT2D eigenvalue weighted by molar-refractivity contribution is 0.208. The zero-order valence-corrected chi connectivity index (χ0v) is 12.7. The maximum atomic E-state index is 12.5. The maximum absolute atomic E-state index is 12.5. The van der Waals surface area contributed by atoms with Gasteiger partial charge in [0, 0.05) is 31.4 Å². The van der Waals surface area contributed by atoms with Crippen LogP contribution >= 0.6 is 12.2 Å². The summed E-state index contributed by atoms with van der Waals surface area (Å²) < 4.78 is 0. The molecule has 1 aromatic rings. The van der Waals surface area contributed by atoms with Crippen molar-refractivity contribution in [1.29, 1.82) is 0 Å². The fraction of sp³-hybridized carbons (Fsp3) is 0.467. The van der Waals surface area contributed by atoms with Crippen LogP contribution in [0.4, 0.5) is 10.5 Å². The average molecular weight is 291 g/mol. The van der Waals surface area contributed by atoms with E-state index in [0.717, 1.165) is 37.2 Å². The van der Waals surface area contributed by atoms with Gasteiger partial charge in [-0.1, -0.05) is 37.2 Å². The van der Waals surface area contributed by atoms with Crippen LogP contribution in [0.15, 0.2) is 24.3 Å². The molecule has 0 spiro atoms. The standard InChI is InChI=1S/C15H21N3OS/c1-17(13-8-6-7-12(11-13)14(16)20)15(19)18-9-4-2-3-5-10-18/h6-8,11H,2-5,9-10H2,1H3,(H2,16,20). The smallest absolute Gasteiger partial charge is 0.324 e. The quantitative estimate of drug-likeness (QED) is 0.852. The van der Waals surface area contributed by atoms with Crippen molar-refractivity contribution >= 4 is 28.9 Å². The van der Waals surface area contributed by atoms with Crippen LogP contribution in [0.2, 0.25) is 0 Å². The van der Waals surface area contributed by atoms with Crippen molar-refractivity contribution in [3.8, 4) is 0 Å². The van der Waals surface area contributed by atoms with Gasteiger partial charge in [-0.2, -0.15) is 0 Å². The predicted molar refractivity (Wildman–Crippen MR) is 86.2 cm³/mol. The maximum Gasteiger partial charge on any atom is 0.324 e. The Kier molecular flexibility index (Phi) is 4.95. The van der Waals surface area contributed by atoms with E-state index in [9.17, 15) is 4.79 Å². The molecule has 0 unspecified atom stereocenters. The van der Waals surface area contributed by atoms with E-state index in [0.29, 0.717) is 4.99 Å². The number of nitrogens with zero attached hydrogens (tertiary/aromatic N) is 2. The summed E-state index contributed by atoms with van der Waals surface area (Å²) in [5.74, 6) is 0. The largest absolute Gasteiger partial charge is 0.389 e. The molecule has 2 N–H and O–H groups in total. The normalized spacial score (nSPS) is 15.6. The van der Waals surface area contributed by atoms with E-state index < -0.39 is 0 Å². The first-order valence-electron chi connectivity index (χ1n) is 7.02. The number of hydrogen-bond acceptors (Lipinski definition) is 2. The molecular weight excluding hydrogens is 270 g/mol. The highest BCUT2D eigenvalue weighted by molar-refractivity contribution is 7.80. The number of amides is 2. The van der Waals surface area contributed by atoms with Gasteiger partial charge in [-0.05, 0) is 25.0 Å². The number of likely N-dealkylation sites (tertiary alicyclic amines) is 1. The van der Waals surface area contributed by atoms with E-state index in [4.69, 9.17) is 18.0 Å². The summed E-state index contributed by atoms with van der Waals surface area (Å²) in [7, 11) is 1.80. The molecule has 2 rings (SSSR count). The number of benzene rings is 1. The zero-order chi connectivity index (χ0) is 14.5. The van der Waals surface area contributed by atoms with Crippen molar-refractivity contribution in [3.63, 3.8) is 0 Å². The molecule has 0 radical (unpaired) electrons. The van der Waals surface area contributed by atoms with Gasteiger partial charge in [-0.3, -0.25) is 4.90 Å². The van der Waals surface area contributed by atoms with Crippen molar-refractivity contribution in [3.05, 3.63) is 29.8 Å². The first-order chi connectivity index (χ1) is 9.59. The lowest BCUT2D eigenvalue weighted by atomic mass is 10.2. The van der Waals surface area contributed by atoms with Crippen molar-refractivity contribution < 1.29 is 4.79 Å². The predicted octanol–water partition coefficient (Wildman–Crippen LogP) is 2.75. The molecule has 20 heavy (non-hydrogen) atoms. The Bertz CT molecular complexity index is 496. The van der Waals surface area contributed by atoms with Crippen LogP contribution in [-0.4, -0.2) is 36.1 Å². The third-order valence-corrected chi connectivity index (χ3v) is 3.92. The molecule has 2 amide bonds. The average Bonchev–Trinajstić information content (AvgIpc) is 2.75. The van der Waals surface area contributed by atoms with Crippen LogP contribution in [0.1, 0.15) is 31.2 Å². The fourth-order valence-electron chi connectivity index (χ4n) is 2.45. The number of thiocarbonyl (C=S) groups is 1. The Morgan fingerprint density at radius 1 is 1.25 bits per heavy atom. The van der Waals surface area contributed by atoms with E-state index in [1.807, 2.05) is 29.2 Å². The van der Waals surface area contributed by atoms with Gasteiger partial charge in [-0.15, -0.1) is 0 Å². The third kappa shape index (κ3) is 3.48.